The Balaban J connectivity index is 1.95. The van der Waals surface area contributed by atoms with Crippen molar-refractivity contribution in [3.05, 3.63) is 68.2 Å². The van der Waals surface area contributed by atoms with E-state index in [-0.39, 0.29) is 17.8 Å². The molecule has 0 heterocycles. The predicted molar refractivity (Wildman–Crippen MR) is 92.9 cm³/mol. The predicted octanol–water partition coefficient (Wildman–Crippen LogP) is 3.03. The summed E-state index contributed by atoms with van der Waals surface area (Å²) in [7, 11) is 0. The zero-order valence-electron chi connectivity index (χ0n) is 12.7. The zero-order valence-corrected chi connectivity index (χ0v) is 14.3. The number of amides is 2. The molecule has 0 aliphatic rings. The van der Waals surface area contributed by atoms with Gasteiger partial charge in [-0.15, -0.1) is 0 Å². The van der Waals surface area contributed by atoms with E-state index in [4.69, 9.17) is 0 Å². The minimum absolute atomic E-state index is 0.128. The maximum Gasteiger partial charge on any atom is 0.273 e. The van der Waals surface area contributed by atoms with Crippen LogP contribution >= 0.6 is 15.9 Å². The number of aryl methyl sites for hydroxylation is 1. The molecule has 0 bridgehead atoms. The number of anilines is 1. The van der Waals surface area contributed by atoms with E-state index in [0.29, 0.717) is 11.3 Å². The van der Waals surface area contributed by atoms with Gasteiger partial charge in [-0.2, -0.15) is 0 Å². The Bertz CT molecular complexity index is 790. The number of carbonyl (C=O) groups excluding carboxylic acids is 2. The molecule has 7 nitrogen and oxygen atoms in total. The van der Waals surface area contributed by atoms with E-state index in [1.165, 1.54) is 18.2 Å². The normalized spacial score (nSPS) is 10.1. The minimum atomic E-state index is -0.552. The quantitative estimate of drug-likeness (QED) is 0.603. The molecule has 8 heteroatoms. The Morgan fingerprint density at radius 2 is 1.83 bits per heavy atom. The molecule has 2 amide bonds. The summed E-state index contributed by atoms with van der Waals surface area (Å²) in [5.74, 6) is -0.948. The molecule has 24 heavy (non-hydrogen) atoms. The molecule has 2 rings (SSSR count). The number of hydrogen-bond acceptors (Lipinski definition) is 4. The van der Waals surface area contributed by atoms with Crippen LogP contribution < -0.4 is 10.6 Å². The summed E-state index contributed by atoms with van der Waals surface area (Å²) in [6, 6.07) is 11.1. The van der Waals surface area contributed by atoms with Crippen molar-refractivity contribution in [3.63, 3.8) is 0 Å². The van der Waals surface area contributed by atoms with Gasteiger partial charge in [-0.05, 0) is 37.3 Å². The van der Waals surface area contributed by atoms with Gasteiger partial charge < -0.3 is 10.6 Å². The van der Waals surface area contributed by atoms with Crippen molar-refractivity contribution in [2.45, 2.75) is 6.92 Å². The van der Waals surface area contributed by atoms with Gasteiger partial charge in [-0.3, -0.25) is 19.7 Å². The largest absolute Gasteiger partial charge is 0.343 e. The molecule has 2 N–H and O–H groups in total. The summed E-state index contributed by atoms with van der Waals surface area (Å²) in [5.41, 5.74) is 1.05. The SMILES string of the molecule is Cc1ccc(C(=O)NCC(=O)Nc2ccc(Br)cc2)cc1[N+](=O)[O-]. The van der Waals surface area contributed by atoms with Crippen molar-refractivity contribution in [2.24, 2.45) is 0 Å². The second-order valence-electron chi connectivity index (χ2n) is 5.00. The maximum absolute atomic E-state index is 12.0. The lowest BCUT2D eigenvalue weighted by molar-refractivity contribution is -0.385. The molecule has 0 fully saturated rings. The Labute approximate surface area is 146 Å². The van der Waals surface area contributed by atoms with E-state index in [1.807, 2.05) is 0 Å². The van der Waals surface area contributed by atoms with Crippen molar-refractivity contribution in [2.75, 3.05) is 11.9 Å². The highest BCUT2D eigenvalue weighted by molar-refractivity contribution is 9.10. The second-order valence-corrected chi connectivity index (χ2v) is 5.91. The first-order valence-corrected chi connectivity index (χ1v) is 7.75. The lowest BCUT2D eigenvalue weighted by atomic mass is 10.1. The lowest BCUT2D eigenvalue weighted by Crippen LogP contribution is -2.32. The van der Waals surface area contributed by atoms with Crippen LogP contribution in [0.25, 0.3) is 0 Å². The van der Waals surface area contributed by atoms with Crippen LogP contribution in [0.1, 0.15) is 15.9 Å². The Kier molecular flexibility index (Phi) is 5.64. The molecule has 0 aromatic heterocycles. The van der Waals surface area contributed by atoms with Crippen LogP contribution in [0.2, 0.25) is 0 Å². The van der Waals surface area contributed by atoms with Crippen molar-refractivity contribution < 1.29 is 14.5 Å². The van der Waals surface area contributed by atoms with E-state index in [9.17, 15) is 19.7 Å². The molecule has 0 aliphatic carbocycles. The van der Waals surface area contributed by atoms with Crippen LogP contribution in [-0.2, 0) is 4.79 Å². The number of carbonyl (C=O) groups is 2. The first-order valence-electron chi connectivity index (χ1n) is 6.95. The first kappa shape index (κ1) is 17.6. The molecule has 0 spiro atoms. The molecule has 0 atom stereocenters. The van der Waals surface area contributed by atoms with Gasteiger partial charge in [-0.1, -0.05) is 22.0 Å². The van der Waals surface area contributed by atoms with Crippen LogP contribution in [0.4, 0.5) is 11.4 Å². The standard InChI is InChI=1S/C16H14BrN3O4/c1-10-2-3-11(8-14(10)20(23)24)16(22)18-9-15(21)19-13-6-4-12(17)5-7-13/h2-8H,9H2,1H3,(H,18,22)(H,19,21). The number of nitrogens with one attached hydrogen (secondary N) is 2. The van der Waals surface area contributed by atoms with Crippen molar-refractivity contribution in [1.29, 1.82) is 0 Å². The fourth-order valence-electron chi connectivity index (χ4n) is 1.95. The van der Waals surface area contributed by atoms with Gasteiger partial charge in [-0.25, -0.2) is 0 Å². The van der Waals surface area contributed by atoms with Crippen LogP contribution in [0.15, 0.2) is 46.9 Å². The lowest BCUT2D eigenvalue weighted by Gasteiger charge is -2.07. The van der Waals surface area contributed by atoms with Gasteiger partial charge in [0.25, 0.3) is 11.6 Å². The van der Waals surface area contributed by atoms with E-state index in [1.54, 1.807) is 31.2 Å². The highest BCUT2D eigenvalue weighted by Crippen LogP contribution is 2.19. The summed E-state index contributed by atoms with van der Waals surface area (Å²) < 4.78 is 0.884. The highest BCUT2D eigenvalue weighted by atomic mass is 79.9. The summed E-state index contributed by atoms with van der Waals surface area (Å²) in [4.78, 5) is 34.2. The molecule has 124 valence electrons. The fourth-order valence-corrected chi connectivity index (χ4v) is 2.21. The molecule has 2 aromatic rings. The number of halogens is 1. The van der Waals surface area contributed by atoms with Crippen molar-refractivity contribution in [1.82, 2.24) is 5.32 Å². The highest BCUT2D eigenvalue weighted by Gasteiger charge is 2.15. The number of hydrogen-bond donors (Lipinski definition) is 2. The second kappa shape index (κ2) is 7.69. The molecule has 0 aliphatic heterocycles. The zero-order chi connectivity index (χ0) is 17.7. The number of nitro groups is 1. The number of nitro benzene ring substituents is 1. The van der Waals surface area contributed by atoms with Crippen LogP contribution in [0, 0.1) is 17.0 Å². The monoisotopic (exact) mass is 391 g/mol. The van der Waals surface area contributed by atoms with Gasteiger partial charge in [0, 0.05) is 27.4 Å². The van der Waals surface area contributed by atoms with Gasteiger partial charge in [0.1, 0.15) is 0 Å². The van der Waals surface area contributed by atoms with Crippen LogP contribution in [0.5, 0.6) is 0 Å². The number of rotatable bonds is 5. The summed E-state index contributed by atoms with van der Waals surface area (Å²) >= 11 is 3.29. The van der Waals surface area contributed by atoms with Gasteiger partial charge >= 0.3 is 0 Å². The molecule has 0 saturated carbocycles. The van der Waals surface area contributed by atoms with Crippen molar-refractivity contribution >= 4 is 39.1 Å². The number of benzene rings is 2. The van der Waals surface area contributed by atoms with Crippen LogP contribution in [-0.4, -0.2) is 23.3 Å². The summed E-state index contributed by atoms with van der Waals surface area (Å²) in [6.07, 6.45) is 0. The Hall–Kier alpha value is -2.74. The molecule has 0 saturated heterocycles. The smallest absolute Gasteiger partial charge is 0.273 e. The molecule has 0 unspecified atom stereocenters. The first-order chi connectivity index (χ1) is 11.4. The minimum Gasteiger partial charge on any atom is -0.343 e. The van der Waals surface area contributed by atoms with E-state index < -0.39 is 16.7 Å². The average Bonchev–Trinajstić information content (AvgIpc) is 2.55. The topological polar surface area (TPSA) is 101 Å². The van der Waals surface area contributed by atoms with Gasteiger partial charge in [0.05, 0.1) is 11.5 Å². The molecule has 0 radical (unpaired) electrons. The third-order valence-electron chi connectivity index (χ3n) is 3.21. The van der Waals surface area contributed by atoms with Crippen LogP contribution in [0.3, 0.4) is 0 Å². The maximum atomic E-state index is 12.0. The Morgan fingerprint density at radius 1 is 1.17 bits per heavy atom. The van der Waals surface area contributed by atoms with E-state index in [2.05, 4.69) is 26.6 Å². The average molecular weight is 392 g/mol. The summed E-state index contributed by atoms with van der Waals surface area (Å²) in [6.45, 7) is 1.35. The molecule has 2 aromatic carbocycles. The number of nitrogens with zero attached hydrogens (tertiary/aromatic N) is 1. The van der Waals surface area contributed by atoms with Gasteiger partial charge in [0.2, 0.25) is 5.91 Å². The van der Waals surface area contributed by atoms with Crippen molar-refractivity contribution in [3.8, 4) is 0 Å². The van der Waals surface area contributed by atoms with Gasteiger partial charge in [0.15, 0.2) is 0 Å². The summed E-state index contributed by atoms with van der Waals surface area (Å²) in [5, 5.41) is 16.0. The van der Waals surface area contributed by atoms with E-state index >= 15 is 0 Å². The third-order valence-corrected chi connectivity index (χ3v) is 3.73. The third kappa shape index (κ3) is 4.63. The molecular weight excluding hydrogens is 378 g/mol. The fraction of sp³-hybridized carbons (Fsp3) is 0.125. The Morgan fingerprint density at radius 3 is 2.46 bits per heavy atom. The van der Waals surface area contributed by atoms with E-state index in [0.717, 1.165) is 4.47 Å². The molecular formula is C16H14BrN3O4.